The Balaban J connectivity index is 2.00. The summed E-state index contributed by atoms with van der Waals surface area (Å²) < 4.78 is 12.9. The zero-order chi connectivity index (χ0) is 13.7. The quantitative estimate of drug-likeness (QED) is 0.898. The fourth-order valence-electron chi connectivity index (χ4n) is 2.79. The summed E-state index contributed by atoms with van der Waals surface area (Å²) in [7, 11) is 0. The van der Waals surface area contributed by atoms with Crippen molar-refractivity contribution in [2.24, 2.45) is 0 Å². The van der Waals surface area contributed by atoms with E-state index in [1.54, 1.807) is 12.1 Å². The Morgan fingerprint density at radius 1 is 1.32 bits per heavy atom. The van der Waals surface area contributed by atoms with Crippen LogP contribution in [-0.2, 0) is 6.54 Å². The maximum atomic E-state index is 12.9. The second kappa shape index (κ2) is 7.01. The van der Waals surface area contributed by atoms with E-state index in [0.29, 0.717) is 12.1 Å². The van der Waals surface area contributed by atoms with E-state index in [2.05, 4.69) is 24.1 Å². The van der Waals surface area contributed by atoms with Crippen molar-refractivity contribution in [2.45, 2.75) is 51.7 Å². The summed E-state index contributed by atoms with van der Waals surface area (Å²) in [6.07, 6.45) is 3.63. The molecule has 0 bridgehead atoms. The zero-order valence-electron chi connectivity index (χ0n) is 12.0. The summed E-state index contributed by atoms with van der Waals surface area (Å²) in [5.74, 6) is -0.154. The van der Waals surface area contributed by atoms with Gasteiger partial charge in [0.2, 0.25) is 0 Å². The molecule has 2 atom stereocenters. The first-order valence-electron chi connectivity index (χ1n) is 7.41. The summed E-state index contributed by atoms with van der Waals surface area (Å²) in [6, 6.07) is 8.08. The van der Waals surface area contributed by atoms with E-state index in [1.807, 2.05) is 12.1 Å². The lowest BCUT2D eigenvalue weighted by molar-refractivity contribution is 0.193. The Morgan fingerprint density at radius 2 is 2.05 bits per heavy atom. The van der Waals surface area contributed by atoms with Gasteiger partial charge in [0.25, 0.3) is 0 Å². The number of rotatable bonds is 4. The molecule has 0 aliphatic carbocycles. The number of halogens is 1. The molecule has 2 nitrogen and oxygen atoms in total. The molecule has 1 heterocycles. The Hall–Kier alpha value is -0.930. The molecule has 0 spiro atoms. The molecule has 1 aromatic rings. The van der Waals surface area contributed by atoms with Crippen molar-refractivity contribution in [1.29, 1.82) is 0 Å². The van der Waals surface area contributed by atoms with Crippen LogP contribution in [0.5, 0.6) is 0 Å². The SMILES string of the molecule is CCCC1CN(Cc2ccc(F)cc2)C(C)CCN1. The highest BCUT2D eigenvalue weighted by Gasteiger charge is 2.22. The average Bonchev–Trinajstić information content (AvgIpc) is 2.56. The van der Waals surface area contributed by atoms with Crippen molar-refractivity contribution in [3.63, 3.8) is 0 Å². The fourth-order valence-corrected chi connectivity index (χ4v) is 2.79. The molecule has 1 aliphatic rings. The van der Waals surface area contributed by atoms with Crippen LogP contribution in [0.2, 0.25) is 0 Å². The van der Waals surface area contributed by atoms with Gasteiger partial charge in [-0.2, -0.15) is 0 Å². The number of nitrogens with one attached hydrogen (secondary N) is 1. The van der Waals surface area contributed by atoms with Crippen LogP contribution in [-0.4, -0.2) is 30.1 Å². The summed E-state index contributed by atoms with van der Waals surface area (Å²) in [4.78, 5) is 2.52. The molecule has 0 aromatic heterocycles. The minimum atomic E-state index is -0.154. The van der Waals surface area contributed by atoms with Gasteiger partial charge in [-0.1, -0.05) is 25.5 Å². The molecule has 3 heteroatoms. The van der Waals surface area contributed by atoms with E-state index in [4.69, 9.17) is 0 Å². The van der Waals surface area contributed by atoms with Gasteiger partial charge >= 0.3 is 0 Å². The van der Waals surface area contributed by atoms with Crippen molar-refractivity contribution in [3.05, 3.63) is 35.6 Å². The first-order valence-corrected chi connectivity index (χ1v) is 7.41. The predicted molar refractivity (Wildman–Crippen MR) is 77.6 cm³/mol. The number of hydrogen-bond donors (Lipinski definition) is 1. The van der Waals surface area contributed by atoms with Crippen LogP contribution in [0.3, 0.4) is 0 Å². The summed E-state index contributed by atoms with van der Waals surface area (Å²) in [6.45, 7) is 7.64. The minimum absolute atomic E-state index is 0.154. The molecule has 1 fully saturated rings. The van der Waals surface area contributed by atoms with Crippen molar-refractivity contribution < 1.29 is 4.39 Å². The Morgan fingerprint density at radius 3 is 2.74 bits per heavy atom. The highest BCUT2D eigenvalue weighted by Crippen LogP contribution is 2.16. The maximum Gasteiger partial charge on any atom is 0.123 e. The standard InChI is InChI=1S/C16H25FN2/c1-3-4-16-12-19(13(2)9-10-18-16)11-14-5-7-15(17)8-6-14/h5-8,13,16,18H,3-4,9-12H2,1-2H3. The lowest BCUT2D eigenvalue weighted by Gasteiger charge is -2.29. The van der Waals surface area contributed by atoms with Gasteiger partial charge in [-0.05, 0) is 44.0 Å². The first-order chi connectivity index (χ1) is 9.19. The van der Waals surface area contributed by atoms with Gasteiger partial charge in [0, 0.05) is 25.2 Å². The molecule has 19 heavy (non-hydrogen) atoms. The lowest BCUT2D eigenvalue weighted by atomic mass is 10.1. The maximum absolute atomic E-state index is 12.9. The van der Waals surface area contributed by atoms with Gasteiger partial charge in [-0.15, -0.1) is 0 Å². The van der Waals surface area contributed by atoms with Crippen LogP contribution in [0.25, 0.3) is 0 Å². The van der Waals surface area contributed by atoms with Crippen molar-refractivity contribution in [3.8, 4) is 0 Å². The molecule has 1 aliphatic heterocycles. The van der Waals surface area contributed by atoms with Gasteiger partial charge in [0.1, 0.15) is 5.82 Å². The normalized spacial score (nSPS) is 25.2. The minimum Gasteiger partial charge on any atom is -0.313 e. The molecule has 0 saturated carbocycles. The largest absolute Gasteiger partial charge is 0.313 e. The second-order valence-corrected chi connectivity index (χ2v) is 5.63. The molecular weight excluding hydrogens is 239 g/mol. The number of benzene rings is 1. The molecule has 2 unspecified atom stereocenters. The van der Waals surface area contributed by atoms with E-state index in [-0.39, 0.29) is 5.82 Å². The highest BCUT2D eigenvalue weighted by molar-refractivity contribution is 5.16. The van der Waals surface area contributed by atoms with Crippen LogP contribution >= 0.6 is 0 Å². The van der Waals surface area contributed by atoms with Crippen molar-refractivity contribution in [2.75, 3.05) is 13.1 Å². The third-order valence-corrected chi connectivity index (χ3v) is 4.01. The number of hydrogen-bond acceptors (Lipinski definition) is 2. The third kappa shape index (κ3) is 4.29. The van der Waals surface area contributed by atoms with E-state index in [0.717, 1.165) is 19.6 Å². The van der Waals surface area contributed by atoms with Crippen LogP contribution in [0.4, 0.5) is 4.39 Å². The van der Waals surface area contributed by atoms with Crippen LogP contribution in [0.15, 0.2) is 24.3 Å². The Kier molecular flexibility index (Phi) is 5.34. The molecule has 0 radical (unpaired) electrons. The molecule has 106 valence electrons. The summed E-state index contributed by atoms with van der Waals surface area (Å²) in [5.41, 5.74) is 1.20. The first kappa shape index (κ1) is 14.5. The van der Waals surface area contributed by atoms with Gasteiger partial charge < -0.3 is 5.32 Å². The molecule has 1 N–H and O–H groups in total. The van der Waals surface area contributed by atoms with Crippen LogP contribution < -0.4 is 5.32 Å². The Labute approximate surface area is 116 Å². The summed E-state index contributed by atoms with van der Waals surface area (Å²) >= 11 is 0. The van der Waals surface area contributed by atoms with E-state index >= 15 is 0 Å². The monoisotopic (exact) mass is 264 g/mol. The van der Waals surface area contributed by atoms with Gasteiger partial charge in [0.15, 0.2) is 0 Å². The molecular formula is C16H25FN2. The molecule has 0 amide bonds. The fraction of sp³-hybridized carbons (Fsp3) is 0.625. The lowest BCUT2D eigenvalue weighted by Crippen LogP contribution is -2.39. The van der Waals surface area contributed by atoms with Gasteiger partial charge in [0.05, 0.1) is 0 Å². The van der Waals surface area contributed by atoms with Crippen LogP contribution in [0, 0.1) is 5.82 Å². The van der Waals surface area contributed by atoms with E-state index in [9.17, 15) is 4.39 Å². The second-order valence-electron chi connectivity index (χ2n) is 5.63. The molecule has 1 aromatic carbocycles. The third-order valence-electron chi connectivity index (χ3n) is 4.01. The smallest absolute Gasteiger partial charge is 0.123 e. The van der Waals surface area contributed by atoms with E-state index < -0.39 is 0 Å². The highest BCUT2D eigenvalue weighted by atomic mass is 19.1. The summed E-state index contributed by atoms with van der Waals surface area (Å²) in [5, 5.41) is 3.64. The van der Waals surface area contributed by atoms with E-state index in [1.165, 1.54) is 24.8 Å². The van der Waals surface area contributed by atoms with Gasteiger partial charge in [-0.3, -0.25) is 4.90 Å². The van der Waals surface area contributed by atoms with Crippen molar-refractivity contribution >= 4 is 0 Å². The van der Waals surface area contributed by atoms with Gasteiger partial charge in [-0.25, -0.2) is 4.39 Å². The number of nitrogens with zero attached hydrogens (tertiary/aromatic N) is 1. The van der Waals surface area contributed by atoms with Crippen LogP contribution in [0.1, 0.15) is 38.7 Å². The molecule has 1 saturated heterocycles. The zero-order valence-corrected chi connectivity index (χ0v) is 12.0. The Bertz CT molecular complexity index is 377. The predicted octanol–water partition coefficient (Wildman–Crippen LogP) is 3.18. The topological polar surface area (TPSA) is 15.3 Å². The van der Waals surface area contributed by atoms with Crippen molar-refractivity contribution in [1.82, 2.24) is 10.2 Å². The molecule has 2 rings (SSSR count). The average molecular weight is 264 g/mol.